The SMILES string of the molecule is C=C.C=CC(=O)OCC. The summed E-state index contributed by atoms with van der Waals surface area (Å²) in [5.41, 5.74) is 0. The van der Waals surface area contributed by atoms with E-state index in [-0.39, 0.29) is 5.97 Å². The second-order valence-corrected chi connectivity index (χ2v) is 0.956. The zero-order valence-corrected chi connectivity index (χ0v) is 5.72. The lowest BCUT2D eigenvalue weighted by atomic mass is 10.6. The highest BCUT2D eigenvalue weighted by Gasteiger charge is 1.86. The maximum atomic E-state index is 10.1. The van der Waals surface area contributed by atoms with E-state index in [0.29, 0.717) is 6.61 Å². The first-order valence-corrected chi connectivity index (χ1v) is 2.60. The van der Waals surface area contributed by atoms with Crippen molar-refractivity contribution in [2.45, 2.75) is 6.92 Å². The third-order valence-electron chi connectivity index (χ3n) is 0.453. The number of carbonyl (C=O) groups excluding carboxylic acids is 1. The van der Waals surface area contributed by atoms with E-state index in [4.69, 9.17) is 0 Å². The molecule has 0 bridgehead atoms. The van der Waals surface area contributed by atoms with Gasteiger partial charge in [-0.1, -0.05) is 6.58 Å². The quantitative estimate of drug-likeness (QED) is 0.320. The fourth-order valence-corrected chi connectivity index (χ4v) is 0.201. The smallest absolute Gasteiger partial charge is 0.330 e. The molecule has 0 rings (SSSR count). The largest absolute Gasteiger partial charge is 0.463 e. The Morgan fingerprint density at radius 2 is 2.11 bits per heavy atom. The molecule has 0 aliphatic heterocycles. The van der Waals surface area contributed by atoms with Gasteiger partial charge in [-0.25, -0.2) is 4.79 Å². The van der Waals surface area contributed by atoms with Crippen molar-refractivity contribution in [3.05, 3.63) is 25.8 Å². The van der Waals surface area contributed by atoms with E-state index in [1.54, 1.807) is 6.92 Å². The molecule has 0 saturated carbocycles. The molecule has 0 N–H and O–H groups in total. The first kappa shape index (κ1) is 10.8. The molecule has 0 aromatic heterocycles. The van der Waals surface area contributed by atoms with Crippen molar-refractivity contribution in [1.29, 1.82) is 0 Å². The van der Waals surface area contributed by atoms with Gasteiger partial charge in [0.1, 0.15) is 0 Å². The van der Waals surface area contributed by atoms with Gasteiger partial charge in [-0.15, -0.1) is 13.2 Å². The summed E-state index contributed by atoms with van der Waals surface area (Å²) in [6.45, 7) is 11.4. The molecule has 0 aliphatic carbocycles. The van der Waals surface area contributed by atoms with Crippen LogP contribution in [0.15, 0.2) is 25.8 Å². The molecule has 0 saturated heterocycles. The maximum absolute atomic E-state index is 10.1. The fourth-order valence-electron chi connectivity index (χ4n) is 0.201. The second-order valence-electron chi connectivity index (χ2n) is 0.956. The topological polar surface area (TPSA) is 26.3 Å². The van der Waals surface area contributed by atoms with Crippen molar-refractivity contribution in [3.8, 4) is 0 Å². The Morgan fingerprint density at radius 3 is 2.22 bits per heavy atom. The Labute approximate surface area is 55.8 Å². The Balaban J connectivity index is 0. The van der Waals surface area contributed by atoms with Gasteiger partial charge in [0.15, 0.2) is 0 Å². The minimum absolute atomic E-state index is 0.359. The van der Waals surface area contributed by atoms with Gasteiger partial charge < -0.3 is 4.74 Å². The molecule has 0 spiro atoms. The Bertz CT molecular complexity index is 86.9. The summed E-state index contributed by atoms with van der Waals surface area (Å²) in [6, 6.07) is 0. The van der Waals surface area contributed by atoms with Crippen LogP contribution in [0.1, 0.15) is 6.92 Å². The normalized spacial score (nSPS) is 6.33. The van der Waals surface area contributed by atoms with Crippen molar-refractivity contribution in [2.75, 3.05) is 6.61 Å². The molecule has 2 nitrogen and oxygen atoms in total. The van der Waals surface area contributed by atoms with Gasteiger partial charge in [0.25, 0.3) is 0 Å². The Kier molecular flexibility index (Phi) is 12.1. The van der Waals surface area contributed by atoms with Gasteiger partial charge in [-0.2, -0.15) is 0 Å². The Hall–Kier alpha value is -1.05. The lowest BCUT2D eigenvalue weighted by Crippen LogP contribution is -1.97. The summed E-state index contributed by atoms with van der Waals surface area (Å²) < 4.78 is 4.43. The molecule has 0 radical (unpaired) electrons. The summed E-state index contributed by atoms with van der Waals surface area (Å²) in [4.78, 5) is 10.1. The molecular weight excluding hydrogens is 116 g/mol. The first-order valence-electron chi connectivity index (χ1n) is 2.60. The lowest BCUT2D eigenvalue weighted by Gasteiger charge is -1.90. The van der Waals surface area contributed by atoms with Crippen molar-refractivity contribution in [2.24, 2.45) is 0 Å². The number of carbonyl (C=O) groups is 1. The van der Waals surface area contributed by atoms with Gasteiger partial charge in [-0.3, -0.25) is 0 Å². The van der Waals surface area contributed by atoms with Crippen LogP contribution in [0.3, 0.4) is 0 Å². The number of hydrogen-bond acceptors (Lipinski definition) is 2. The van der Waals surface area contributed by atoms with Crippen molar-refractivity contribution < 1.29 is 9.53 Å². The average molecular weight is 128 g/mol. The number of esters is 1. The molecule has 9 heavy (non-hydrogen) atoms. The summed E-state index contributed by atoms with van der Waals surface area (Å²) in [5.74, 6) is -0.359. The van der Waals surface area contributed by atoms with E-state index in [9.17, 15) is 4.79 Å². The summed E-state index contributed by atoms with van der Waals surface area (Å²) >= 11 is 0. The van der Waals surface area contributed by atoms with E-state index >= 15 is 0 Å². The van der Waals surface area contributed by atoms with Gasteiger partial charge in [0, 0.05) is 6.08 Å². The molecule has 0 amide bonds. The standard InChI is InChI=1S/C5H8O2.C2H4/c1-3-5(6)7-4-2;1-2/h3H,1,4H2,2H3;1-2H2. The van der Waals surface area contributed by atoms with E-state index in [2.05, 4.69) is 24.5 Å². The van der Waals surface area contributed by atoms with Gasteiger partial charge in [0.2, 0.25) is 0 Å². The molecule has 0 heterocycles. The van der Waals surface area contributed by atoms with Gasteiger partial charge >= 0.3 is 5.97 Å². The second kappa shape index (κ2) is 10.0. The van der Waals surface area contributed by atoms with Crippen LogP contribution in [-0.4, -0.2) is 12.6 Å². The van der Waals surface area contributed by atoms with Crippen LogP contribution in [0.25, 0.3) is 0 Å². The number of rotatable bonds is 2. The van der Waals surface area contributed by atoms with Gasteiger partial charge in [0.05, 0.1) is 6.61 Å². The van der Waals surface area contributed by atoms with Crippen LogP contribution in [0.2, 0.25) is 0 Å². The average Bonchev–Trinajstić information content (AvgIpc) is 1.93. The molecular formula is C7H12O2. The first-order chi connectivity index (χ1) is 4.31. The molecule has 0 aromatic rings. The van der Waals surface area contributed by atoms with E-state index in [1.165, 1.54) is 0 Å². The predicted molar refractivity (Wildman–Crippen MR) is 38.1 cm³/mol. The Morgan fingerprint density at radius 1 is 1.67 bits per heavy atom. The van der Waals surface area contributed by atoms with Crippen LogP contribution >= 0.6 is 0 Å². The summed E-state index contributed by atoms with van der Waals surface area (Å²) in [6.07, 6.45) is 1.14. The molecule has 52 valence electrons. The van der Waals surface area contributed by atoms with Crippen molar-refractivity contribution in [1.82, 2.24) is 0 Å². The predicted octanol–water partition coefficient (Wildman–Crippen LogP) is 1.54. The van der Waals surface area contributed by atoms with Gasteiger partial charge in [-0.05, 0) is 6.92 Å². The van der Waals surface area contributed by atoms with Crippen LogP contribution in [-0.2, 0) is 9.53 Å². The van der Waals surface area contributed by atoms with Crippen LogP contribution in [0.5, 0.6) is 0 Å². The maximum Gasteiger partial charge on any atom is 0.330 e. The zero-order valence-electron chi connectivity index (χ0n) is 5.72. The fraction of sp³-hybridized carbons (Fsp3) is 0.286. The van der Waals surface area contributed by atoms with E-state index < -0.39 is 0 Å². The minimum atomic E-state index is -0.359. The third-order valence-corrected chi connectivity index (χ3v) is 0.453. The minimum Gasteiger partial charge on any atom is -0.463 e. The molecule has 0 unspecified atom stereocenters. The lowest BCUT2D eigenvalue weighted by molar-refractivity contribution is -0.137. The molecule has 0 aliphatic rings. The molecule has 0 atom stereocenters. The van der Waals surface area contributed by atoms with Crippen LogP contribution < -0.4 is 0 Å². The summed E-state index contributed by atoms with van der Waals surface area (Å²) in [5, 5.41) is 0. The molecule has 2 heteroatoms. The van der Waals surface area contributed by atoms with Crippen molar-refractivity contribution >= 4 is 5.97 Å². The summed E-state index contributed by atoms with van der Waals surface area (Å²) in [7, 11) is 0. The third kappa shape index (κ3) is 10.9. The number of ether oxygens (including phenoxy) is 1. The van der Waals surface area contributed by atoms with Crippen LogP contribution in [0.4, 0.5) is 0 Å². The molecule has 0 fully saturated rings. The highest BCUT2D eigenvalue weighted by Crippen LogP contribution is 1.74. The zero-order chi connectivity index (χ0) is 7.70. The van der Waals surface area contributed by atoms with E-state index in [1.807, 2.05) is 0 Å². The highest BCUT2D eigenvalue weighted by atomic mass is 16.5. The molecule has 0 aromatic carbocycles. The highest BCUT2D eigenvalue weighted by molar-refractivity contribution is 5.81. The van der Waals surface area contributed by atoms with Crippen LogP contribution in [0, 0.1) is 0 Å². The van der Waals surface area contributed by atoms with E-state index in [0.717, 1.165) is 6.08 Å². The number of hydrogen-bond donors (Lipinski definition) is 0. The monoisotopic (exact) mass is 128 g/mol. The van der Waals surface area contributed by atoms with Crippen molar-refractivity contribution in [3.63, 3.8) is 0 Å².